The Labute approximate surface area is 118 Å². The normalized spacial score (nSPS) is 12.6. The fourth-order valence-corrected chi connectivity index (χ4v) is 2.72. The molecule has 1 atom stereocenters. The van der Waals surface area contributed by atoms with E-state index in [1.54, 1.807) is 11.3 Å². The van der Waals surface area contributed by atoms with Crippen LogP contribution in [0.25, 0.3) is 0 Å². The van der Waals surface area contributed by atoms with Crippen LogP contribution < -0.4 is 11.1 Å². The van der Waals surface area contributed by atoms with E-state index in [4.69, 9.17) is 5.73 Å². The molecule has 0 aliphatic heterocycles. The third-order valence-corrected chi connectivity index (χ3v) is 4.49. The SMILES string of the molecule is CCc1cnc(C(C)NCc2ccc(CN)cc2)s1. The van der Waals surface area contributed by atoms with Gasteiger partial charge in [-0.3, -0.25) is 0 Å². The van der Waals surface area contributed by atoms with Crippen LogP contribution in [0.15, 0.2) is 30.5 Å². The Kier molecular flexibility index (Phi) is 5.07. The third-order valence-electron chi connectivity index (χ3n) is 3.16. The molecule has 0 radical (unpaired) electrons. The van der Waals surface area contributed by atoms with Crippen molar-refractivity contribution in [3.8, 4) is 0 Å². The van der Waals surface area contributed by atoms with Crippen molar-refractivity contribution < 1.29 is 0 Å². The zero-order valence-electron chi connectivity index (χ0n) is 11.5. The molecule has 0 fully saturated rings. The highest BCUT2D eigenvalue weighted by Crippen LogP contribution is 2.20. The standard InChI is InChI=1S/C15H21N3S/c1-3-14-10-18-15(19-14)11(2)17-9-13-6-4-12(8-16)5-7-13/h4-7,10-11,17H,3,8-9,16H2,1-2H3. The fraction of sp³-hybridized carbons (Fsp3) is 0.400. The Hall–Kier alpha value is -1.23. The van der Waals surface area contributed by atoms with Crippen LogP contribution in [-0.4, -0.2) is 4.98 Å². The van der Waals surface area contributed by atoms with Crippen LogP contribution in [0, 0.1) is 0 Å². The second-order valence-electron chi connectivity index (χ2n) is 4.64. The minimum absolute atomic E-state index is 0.291. The molecule has 1 unspecified atom stereocenters. The molecule has 0 bridgehead atoms. The van der Waals surface area contributed by atoms with Gasteiger partial charge in [0, 0.05) is 24.2 Å². The van der Waals surface area contributed by atoms with Crippen molar-refractivity contribution in [2.75, 3.05) is 0 Å². The van der Waals surface area contributed by atoms with Gasteiger partial charge in [-0.05, 0) is 24.5 Å². The molecule has 2 rings (SSSR count). The van der Waals surface area contributed by atoms with E-state index in [0.717, 1.165) is 18.0 Å². The van der Waals surface area contributed by atoms with Crippen LogP contribution in [-0.2, 0) is 19.5 Å². The van der Waals surface area contributed by atoms with Crippen LogP contribution in [0.2, 0.25) is 0 Å². The van der Waals surface area contributed by atoms with E-state index >= 15 is 0 Å². The lowest BCUT2D eigenvalue weighted by atomic mass is 10.1. The Morgan fingerprint density at radius 3 is 2.53 bits per heavy atom. The predicted molar refractivity (Wildman–Crippen MR) is 81.1 cm³/mol. The summed E-state index contributed by atoms with van der Waals surface area (Å²) >= 11 is 1.79. The first-order valence-corrected chi connectivity index (χ1v) is 7.50. The zero-order chi connectivity index (χ0) is 13.7. The number of benzene rings is 1. The summed E-state index contributed by atoms with van der Waals surface area (Å²) in [5, 5.41) is 4.67. The molecule has 0 spiro atoms. The van der Waals surface area contributed by atoms with Crippen molar-refractivity contribution in [1.82, 2.24) is 10.3 Å². The number of aromatic nitrogens is 1. The number of nitrogens with one attached hydrogen (secondary N) is 1. The minimum Gasteiger partial charge on any atom is -0.326 e. The summed E-state index contributed by atoms with van der Waals surface area (Å²) < 4.78 is 0. The van der Waals surface area contributed by atoms with E-state index in [9.17, 15) is 0 Å². The molecule has 1 heterocycles. The Morgan fingerprint density at radius 1 is 1.26 bits per heavy atom. The van der Waals surface area contributed by atoms with Crippen LogP contribution in [0.4, 0.5) is 0 Å². The van der Waals surface area contributed by atoms with Crippen molar-refractivity contribution in [3.63, 3.8) is 0 Å². The largest absolute Gasteiger partial charge is 0.326 e. The first-order chi connectivity index (χ1) is 9.22. The number of nitrogens with two attached hydrogens (primary N) is 1. The summed E-state index contributed by atoms with van der Waals surface area (Å²) in [6.07, 6.45) is 3.04. The van der Waals surface area contributed by atoms with Gasteiger partial charge in [-0.15, -0.1) is 11.3 Å². The summed E-state index contributed by atoms with van der Waals surface area (Å²) in [4.78, 5) is 5.81. The van der Waals surface area contributed by atoms with E-state index in [2.05, 4.69) is 48.4 Å². The quantitative estimate of drug-likeness (QED) is 0.852. The topological polar surface area (TPSA) is 50.9 Å². The van der Waals surface area contributed by atoms with Crippen LogP contribution >= 0.6 is 11.3 Å². The third kappa shape index (κ3) is 3.86. The Balaban J connectivity index is 1.90. The number of nitrogens with zero attached hydrogens (tertiary/aromatic N) is 1. The maximum Gasteiger partial charge on any atom is 0.109 e. The number of hydrogen-bond acceptors (Lipinski definition) is 4. The van der Waals surface area contributed by atoms with Gasteiger partial charge in [-0.2, -0.15) is 0 Å². The summed E-state index contributed by atoms with van der Waals surface area (Å²) in [5.41, 5.74) is 8.04. The number of thiazole rings is 1. The summed E-state index contributed by atoms with van der Waals surface area (Å²) in [5.74, 6) is 0. The van der Waals surface area contributed by atoms with Crippen LogP contribution in [0.5, 0.6) is 0 Å². The Bertz CT molecular complexity index is 504. The van der Waals surface area contributed by atoms with Gasteiger partial charge in [-0.25, -0.2) is 4.98 Å². The van der Waals surface area contributed by atoms with Crippen LogP contribution in [0.3, 0.4) is 0 Å². The van der Waals surface area contributed by atoms with Crippen molar-refractivity contribution >= 4 is 11.3 Å². The zero-order valence-corrected chi connectivity index (χ0v) is 12.3. The number of aryl methyl sites for hydroxylation is 1. The van der Waals surface area contributed by atoms with Crippen molar-refractivity contribution in [2.45, 2.75) is 39.4 Å². The molecule has 19 heavy (non-hydrogen) atoms. The molecule has 102 valence electrons. The highest BCUT2D eigenvalue weighted by atomic mass is 32.1. The van der Waals surface area contributed by atoms with Gasteiger partial charge in [0.25, 0.3) is 0 Å². The van der Waals surface area contributed by atoms with E-state index in [1.165, 1.54) is 16.0 Å². The number of hydrogen-bond donors (Lipinski definition) is 2. The smallest absolute Gasteiger partial charge is 0.109 e. The highest BCUT2D eigenvalue weighted by Gasteiger charge is 2.09. The molecular weight excluding hydrogens is 254 g/mol. The van der Waals surface area contributed by atoms with E-state index in [-0.39, 0.29) is 0 Å². The molecule has 4 heteroatoms. The molecule has 1 aromatic heterocycles. The predicted octanol–water partition coefficient (Wildman–Crippen LogP) is 3.02. The molecule has 0 aliphatic rings. The number of rotatable bonds is 6. The molecular formula is C15H21N3S. The molecule has 2 aromatic rings. The van der Waals surface area contributed by atoms with E-state index in [0.29, 0.717) is 12.6 Å². The monoisotopic (exact) mass is 275 g/mol. The van der Waals surface area contributed by atoms with Crippen LogP contribution in [0.1, 0.15) is 40.9 Å². The molecule has 0 amide bonds. The van der Waals surface area contributed by atoms with Gasteiger partial charge in [0.15, 0.2) is 0 Å². The lowest BCUT2D eigenvalue weighted by molar-refractivity contribution is 0.572. The molecule has 3 N–H and O–H groups in total. The summed E-state index contributed by atoms with van der Waals surface area (Å²) in [7, 11) is 0. The van der Waals surface area contributed by atoms with E-state index < -0.39 is 0 Å². The molecule has 0 aliphatic carbocycles. The second-order valence-corrected chi connectivity index (χ2v) is 5.79. The van der Waals surface area contributed by atoms with Gasteiger partial charge in [0.2, 0.25) is 0 Å². The molecule has 0 saturated carbocycles. The lowest BCUT2D eigenvalue weighted by Crippen LogP contribution is -2.17. The van der Waals surface area contributed by atoms with Gasteiger partial charge < -0.3 is 11.1 Å². The Morgan fingerprint density at radius 2 is 1.95 bits per heavy atom. The molecule has 1 aromatic carbocycles. The maximum atomic E-state index is 5.59. The summed E-state index contributed by atoms with van der Waals surface area (Å²) in [6.45, 7) is 5.77. The van der Waals surface area contributed by atoms with Gasteiger partial charge in [-0.1, -0.05) is 31.2 Å². The van der Waals surface area contributed by atoms with Gasteiger partial charge in [0.05, 0.1) is 6.04 Å². The van der Waals surface area contributed by atoms with Crippen molar-refractivity contribution in [3.05, 3.63) is 51.5 Å². The average molecular weight is 275 g/mol. The summed E-state index contributed by atoms with van der Waals surface area (Å²) in [6, 6.07) is 8.71. The van der Waals surface area contributed by atoms with Gasteiger partial charge >= 0.3 is 0 Å². The average Bonchev–Trinajstić information content (AvgIpc) is 2.94. The first kappa shape index (κ1) is 14.2. The van der Waals surface area contributed by atoms with E-state index in [1.807, 2.05) is 6.20 Å². The second kappa shape index (κ2) is 6.80. The molecule has 3 nitrogen and oxygen atoms in total. The highest BCUT2D eigenvalue weighted by molar-refractivity contribution is 7.11. The van der Waals surface area contributed by atoms with Gasteiger partial charge in [0.1, 0.15) is 5.01 Å². The molecule has 0 saturated heterocycles. The lowest BCUT2D eigenvalue weighted by Gasteiger charge is -2.11. The van der Waals surface area contributed by atoms with Crippen molar-refractivity contribution in [2.24, 2.45) is 5.73 Å². The fourth-order valence-electron chi connectivity index (χ4n) is 1.84. The first-order valence-electron chi connectivity index (χ1n) is 6.68. The van der Waals surface area contributed by atoms with Crippen molar-refractivity contribution in [1.29, 1.82) is 0 Å². The maximum absolute atomic E-state index is 5.59. The minimum atomic E-state index is 0.291.